The molecule has 74 valence electrons. The standard InChI is InChI=1S/C11H10Cl2O/c1-2-9(14)5-3-8-4-6-10(12)11(13)7-8/h3-7H,2H2,1H3/b5-3+. The second-order valence-electron chi connectivity index (χ2n) is 2.83. The van der Waals surface area contributed by atoms with Gasteiger partial charge in [0.2, 0.25) is 0 Å². The van der Waals surface area contributed by atoms with E-state index in [1.807, 2.05) is 13.0 Å². The SMILES string of the molecule is CCC(=O)/C=C/c1ccc(Cl)c(Cl)c1. The minimum Gasteiger partial charge on any atom is -0.295 e. The van der Waals surface area contributed by atoms with Crippen LogP contribution in [0.3, 0.4) is 0 Å². The van der Waals surface area contributed by atoms with Crippen LogP contribution in [0.4, 0.5) is 0 Å². The molecular formula is C11H10Cl2O. The maximum Gasteiger partial charge on any atom is 0.155 e. The zero-order valence-corrected chi connectivity index (χ0v) is 9.27. The highest BCUT2D eigenvalue weighted by molar-refractivity contribution is 6.42. The molecule has 0 aromatic heterocycles. The molecule has 0 bridgehead atoms. The van der Waals surface area contributed by atoms with Crippen molar-refractivity contribution in [2.75, 3.05) is 0 Å². The van der Waals surface area contributed by atoms with E-state index in [4.69, 9.17) is 23.2 Å². The van der Waals surface area contributed by atoms with Gasteiger partial charge in [-0.3, -0.25) is 4.79 Å². The van der Waals surface area contributed by atoms with Crippen LogP contribution >= 0.6 is 23.2 Å². The Morgan fingerprint density at radius 1 is 1.36 bits per heavy atom. The van der Waals surface area contributed by atoms with Crippen molar-refractivity contribution in [1.82, 2.24) is 0 Å². The average Bonchev–Trinajstić information content (AvgIpc) is 2.19. The number of benzene rings is 1. The third-order valence-electron chi connectivity index (χ3n) is 1.75. The number of allylic oxidation sites excluding steroid dienone is 1. The van der Waals surface area contributed by atoms with Gasteiger partial charge >= 0.3 is 0 Å². The van der Waals surface area contributed by atoms with Crippen LogP contribution in [-0.2, 0) is 4.79 Å². The van der Waals surface area contributed by atoms with Gasteiger partial charge in [0, 0.05) is 6.42 Å². The van der Waals surface area contributed by atoms with Crippen LogP contribution in [0, 0.1) is 0 Å². The predicted octanol–water partition coefficient (Wildman–Crippen LogP) is 3.99. The van der Waals surface area contributed by atoms with E-state index >= 15 is 0 Å². The van der Waals surface area contributed by atoms with E-state index in [1.165, 1.54) is 0 Å². The number of ketones is 1. The smallest absolute Gasteiger partial charge is 0.155 e. The number of hydrogen-bond acceptors (Lipinski definition) is 1. The lowest BCUT2D eigenvalue weighted by Crippen LogP contribution is -1.86. The molecule has 0 aliphatic heterocycles. The van der Waals surface area contributed by atoms with E-state index in [1.54, 1.807) is 24.3 Å². The molecule has 0 aliphatic carbocycles. The molecule has 0 saturated heterocycles. The van der Waals surface area contributed by atoms with Crippen LogP contribution < -0.4 is 0 Å². The summed E-state index contributed by atoms with van der Waals surface area (Å²) in [6, 6.07) is 5.25. The Bertz CT molecular complexity index is 370. The van der Waals surface area contributed by atoms with Crippen LogP contribution in [0.2, 0.25) is 10.0 Å². The maximum absolute atomic E-state index is 11.0. The van der Waals surface area contributed by atoms with E-state index in [-0.39, 0.29) is 5.78 Å². The number of hydrogen-bond donors (Lipinski definition) is 0. The van der Waals surface area contributed by atoms with Crippen molar-refractivity contribution in [2.45, 2.75) is 13.3 Å². The largest absolute Gasteiger partial charge is 0.295 e. The molecule has 0 aliphatic rings. The van der Waals surface area contributed by atoms with E-state index in [9.17, 15) is 4.79 Å². The summed E-state index contributed by atoms with van der Waals surface area (Å²) in [7, 11) is 0. The third-order valence-corrected chi connectivity index (χ3v) is 2.49. The summed E-state index contributed by atoms with van der Waals surface area (Å²) in [5, 5.41) is 1.02. The van der Waals surface area contributed by atoms with Crippen molar-refractivity contribution in [2.24, 2.45) is 0 Å². The lowest BCUT2D eigenvalue weighted by Gasteiger charge is -1.96. The predicted molar refractivity (Wildman–Crippen MR) is 60.8 cm³/mol. The zero-order valence-electron chi connectivity index (χ0n) is 7.76. The Kier molecular flexibility index (Phi) is 4.18. The van der Waals surface area contributed by atoms with E-state index in [2.05, 4.69) is 0 Å². The van der Waals surface area contributed by atoms with Crippen LogP contribution in [-0.4, -0.2) is 5.78 Å². The summed E-state index contributed by atoms with van der Waals surface area (Å²) in [5.74, 6) is 0.0936. The first kappa shape index (κ1) is 11.3. The van der Waals surface area contributed by atoms with E-state index in [0.717, 1.165) is 5.56 Å². The molecule has 1 nitrogen and oxygen atoms in total. The Labute approximate surface area is 93.3 Å². The molecule has 0 amide bonds. The molecule has 0 spiro atoms. The van der Waals surface area contributed by atoms with Gasteiger partial charge in [-0.1, -0.05) is 42.3 Å². The molecule has 0 unspecified atom stereocenters. The normalized spacial score (nSPS) is 10.8. The summed E-state index contributed by atoms with van der Waals surface area (Å²) in [4.78, 5) is 11.0. The summed E-state index contributed by atoms with van der Waals surface area (Å²) < 4.78 is 0. The van der Waals surface area contributed by atoms with Crippen molar-refractivity contribution in [1.29, 1.82) is 0 Å². The van der Waals surface area contributed by atoms with Crippen molar-refractivity contribution in [3.8, 4) is 0 Å². The molecule has 0 atom stereocenters. The first-order valence-corrected chi connectivity index (χ1v) is 5.05. The Hall–Kier alpha value is -0.790. The Balaban J connectivity index is 2.83. The van der Waals surface area contributed by atoms with Gasteiger partial charge < -0.3 is 0 Å². The molecule has 0 saturated carbocycles. The summed E-state index contributed by atoms with van der Waals surface area (Å²) in [6.45, 7) is 1.82. The molecule has 1 rings (SSSR count). The highest BCUT2D eigenvalue weighted by Crippen LogP contribution is 2.23. The summed E-state index contributed by atoms with van der Waals surface area (Å²) >= 11 is 11.6. The first-order chi connectivity index (χ1) is 6.63. The van der Waals surface area contributed by atoms with Crippen LogP contribution in [0.25, 0.3) is 6.08 Å². The molecule has 0 radical (unpaired) electrons. The van der Waals surface area contributed by atoms with Crippen LogP contribution in [0.1, 0.15) is 18.9 Å². The van der Waals surface area contributed by atoms with Crippen molar-refractivity contribution < 1.29 is 4.79 Å². The molecule has 1 aromatic rings. The summed E-state index contributed by atoms with van der Waals surface area (Å²) in [6.07, 6.45) is 3.78. The van der Waals surface area contributed by atoms with Crippen LogP contribution in [0.15, 0.2) is 24.3 Å². The quantitative estimate of drug-likeness (QED) is 0.716. The average molecular weight is 229 g/mol. The second kappa shape index (κ2) is 5.18. The minimum absolute atomic E-state index is 0.0936. The lowest BCUT2D eigenvalue weighted by atomic mass is 10.2. The van der Waals surface area contributed by atoms with Gasteiger partial charge in [-0.05, 0) is 23.8 Å². The van der Waals surface area contributed by atoms with Gasteiger partial charge in [0.05, 0.1) is 10.0 Å². The van der Waals surface area contributed by atoms with Gasteiger partial charge in [-0.2, -0.15) is 0 Å². The van der Waals surface area contributed by atoms with Crippen molar-refractivity contribution in [3.63, 3.8) is 0 Å². The molecule has 0 heterocycles. The molecule has 0 N–H and O–H groups in total. The lowest BCUT2D eigenvalue weighted by molar-refractivity contribution is -0.114. The van der Waals surface area contributed by atoms with Gasteiger partial charge in [0.1, 0.15) is 0 Å². The highest BCUT2D eigenvalue weighted by Gasteiger charge is 1.97. The monoisotopic (exact) mass is 228 g/mol. The maximum atomic E-state index is 11.0. The van der Waals surface area contributed by atoms with Gasteiger partial charge in [-0.15, -0.1) is 0 Å². The molecule has 0 fully saturated rings. The first-order valence-electron chi connectivity index (χ1n) is 4.29. The zero-order chi connectivity index (χ0) is 10.6. The van der Waals surface area contributed by atoms with E-state index in [0.29, 0.717) is 16.5 Å². The number of halogens is 2. The number of carbonyl (C=O) groups is 1. The minimum atomic E-state index is 0.0936. The Morgan fingerprint density at radius 3 is 2.64 bits per heavy atom. The van der Waals surface area contributed by atoms with E-state index < -0.39 is 0 Å². The fraction of sp³-hybridized carbons (Fsp3) is 0.182. The van der Waals surface area contributed by atoms with Gasteiger partial charge in [-0.25, -0.2) is 0 Å². The number of carbonyl (C=O) groups excluding carboxylic acids is 1. The Morgan fingerprint density at radius 2 is 2.07 bits per heavy atom. The molecule has 1 aromatic carbocycles. The molecular weight excluding hydrogens is 219 g/mol. The van der Waals surface area contributed by atoms with Crippen LogP contribution in [0.5, 0.6) is 0 Å². The molecule has 3 heteroatoms. The third kappa shape index (κ3) is 3.17. The number of rotatable bonds is 3. The fourth-order valence-corrected chi connectivity index (χ4v) is 1.23. The topological polar surface area (TPSA) is 17.1 Å². The molecule has 14 heavy (non-hydrogen) atoms. The second-order valence-corrected chi connectivity index (χ2v) is 3.64. The van der Waals surface area contributed by atoms with Gasteiger partial charge in [0.15, 0.2) is 5.78 Å². The van der Waals surface area contributed by atoms with Crippen molar-refractivity contribution >= 4 is 35.1 Å². The van der Waals surface area contributed by atoms with Crippen molar-refractivity contribution in [3.05, 3.63) is 39.9 Å². The summed E-state index contributed by atoms with van der Waals surface area (Å²) in [5.41, 5.74) is 0.876. The van der Waals surface area contributed by atoms with Gasteiger partial charge in [0.25, 0.3) is 0 Å². The highest BCUT2D eigenvalue weighted by atomic mass is 35.5. The fourth-order valence-electron chi connectivity index (χ4n) is 0.923.